The van der Waals surface area contributed by atoms with E-state index >= 15 is 0 Å². The van der Waals surface area contributed by atoms with Gasteiger partial charge in [0.2, 0.25) is 0 Å². The Balaban J connectivity index is 2.56. The lowest BCUT2D eigenvalue weighted by Crippen LogP contribution is -2.17. The molecule has 0 spiro atoms. The van der Waals surface area contributed by atoms with E-state index in [2.05, 4.69) is 0 Å². The maximum atomic E-state index is 12.6. The van der Waals surface area contributed by atoms with Gasteiger partial charge < -0.3 is 9.47 Å². The molecule has 0 fully saturated rings. The van der Waals surface area contributed by atoms with Crippen LogP contribution in [0.15, 0.2) is 24.3 Å². The van der Waals surface area contributed by atoms with Crippen molar-refractivity contribution >= 4 is 5.97 Å². The Bertz CT molecular complexity index is 416. The van der Waals surface area contributed by atoms with Crippen molar-refractivity contribution in [2.75, 3.05) is 13.2 Å². The van der Waals surface area contributed by atoms with E-state index in [4.69, 9.17) is 9.47 Å². The quantitative estimate of drug-likeness (QED) is 0.590. The minimum atomic E-state index is -4.51. The number of halogens is 3. The van der Waals surface area contributed by atoms with Crippen molar-refractivity contribution in [2.45, 2.75) is 25.9 Å². The van der Waals surface area contributed by atoms with E-state index in [1.165, 1.54) is 18.2 Å². The Kier molecular flexibility index (Phi) is 5.66. The Morgan fingerprint density at radius 1 is 1.26 bits per heavy atom. The van der Waals surface area contributed by atoms with E-state index in [9.17, 15) is 18.0 Å². The lowest BCUT2D eigenvalue weighted by molar-refractivity contribution is -0.148. The number of rotatable bonds is 6. The summed E-state index contributed by atoms with van der Waals surface area (Å²) in [6, 6.07) is 4.74. The Morgan fingerprint density at radius 3 is 2.58 bits per heavy atom. The highest BCUT2D eigenvalue weighted by Gasteiger charge is 2.34. The minimum Gasteiger partial charge on any atom is -0.481 e. The molecule has 0 aliphatic heterocycles. The number of benzene rings is 1. The predicted molar refractivity (Wildman–Crippen MR) is 62.8 cm³/mol. The number of carbonyl (C=O) groups excluding carboxylic acids is 1. The van der Waals surface area contributed by atoms with Gasteiger partial charge in [-0.25, -0.2) is 4.79 Å². The van der Waals surface area contributed by atoms with Gasteiger partial charge in [0.1, 0.15) is 5.75 Å². The van der Waals surface area contributed by atoms with Crippen LogP contribution in [-0.2, 0) is 15.7 Å². The maximum Gasteiger partial charge on any atom is 0.419 e. The van der Waals surface area contributed by atoms with Gasteiger partial charge in [-0.2, -0.15) is 13.2 Å². The molecule has 0 saturated heterocycles. The van der Waals surface area contributed by atoms with Crippen LogP contribution >= 0.6 is 0 Å². The van der Waals surface area contributed by atoms with E-state index < -0.39 is 24.3 Å². The molecule has 106 valence electrons. The zero-order valence-corrected chi connectivity index (χ0v) is 10.5. The van der Waals surface area contributed by atoms with Crippen LogP contribution in [0.1, 0.15) is 25.3 Å². The van der Waals surface area contributed by atoms with Crippen molar-refractivity contribution in [1.82, 2.24) is 0 Å². The van der Waals surface area contributed by atoms with Crippen LogP contribution in [0, 0.1) is 0 Å². The number of carbonyl (C=O) groups is 1. The van der Waals surface area contributed by atoms with Gasteiger partial charge in [-0.1, -0.05) is 25.5 Å². The molecule has 0 atom stereocenters. The van der Waals surface area contributed by atoms with Crippen LogP contribution in [0.25, 0.3) is 0 Å². The number of hydrogen-bond acceptors (Lipinski definition) is 3. The first-order chi connectivity index (χ1) is 8.95. The standard InChI is InChI=1S/C13H15F3O3/c1-2-3-8-18-12(17)9-19-11-7-5-4-6-10(11)13(14,15)16/h4-7H,2-3,8-9H2,1H3. The second-order valence-electron chi connectivity index (χ2n) is 3.86. The zero-order valence-electron chi connectivity index (χ0n) is 10.5. The topological polar surface area (TPSA) is 35.5 Å². The molecule has 0 amide bonds. The van der Waals surface area contributed by atoms with E-state index in [1.54, 1.807) is 0 Å². The molecule has 0 heterocycles. The summed E-state index contributed by atoms with van der Waals surface area (Å²) in [5, 5.41) is 0. The highest BCUT2D eigenvalue weighted by Crippen LogP contribution is 2.35. The molecule has 0 radical (unpaired) electrons. The van der Waals surface area contributed by atoms with E-state index in [0.717, 1.165) is 12.5 Å². The molecule has 6 heteroatoms. The highest BCUT2D eigenvalue weighted by atomic mass is 19.4. The maximum absolute atomic E-state index is 12.6. The van der Waals surface area contributed by atoms with Crippen LogP contribution < -0.4 is 4.74 Å². The SMILES string of the molecule is CCCCOC(=O)COc1ccccc1C(F)(F)F. The van der Waals surface area contributed by atoms with Gasteiger partial charge in [-0.05, 0) is 18.6 Å². The number of alkyl halides is 3. The van der Waals surface area contributed by atoms with Crippen molar-refractivity contribution in [3.63, 3.8) is 0 Å². The lowest BCUT2D eigenvalue weighted by Gasteiger charge is -2.13. The van der Waals surface area contributed by atoms with E-state index in [0.29, 0.717) is 6.42 Å². The van der Waals surface area contributed by atoms with Gasteiger partial charge in [0.15, 0.2) is 6.61 Å². The minimum absolute atomic E-state index is 0.250. The van der Waals surface area contributed by atoms with Gasteiger partial charge in [0.25, 0.3) is 0 Å². The summed E-state index contributed by atoms with van der Waals surface area (Å²) in [6.07, 6.45) is -2.93. The number of hydrogen-bond donors (Lipinski definition) is 0. The first kappa shape index (κ1) is 15.3. The van der Waals surface area contributed by atoms with Gasteiger partial charge in [-0.15, -0.1) is 0 Å². The number of unbranched alkanes of at least 4 members (excludes halogenated alkanes) is 1. The first-order valence-electron chi connectivity index (χ1n) is 5.89. The molecule has 3 nitrogen and oxygen atoms in total. The second-order valence-corrected chi connectivity index (χ2v) is 3.86. The summed E-state index contributed by atoms with van der Waals surface area (Å²) in [5.74, 6) is -1.05. The fourth-order valence-corrected chi connectivity index (χ4v) is 1.34. The van der Waals surface area contributed by atoms with E-state index in [1.807, 2.05) is 6.92 Å². The third kappa shape index (κ3) is 5.19. The second kappa shape index (κ2) is 7.01. The molecule has 0 N–H and O–H groups in total. The first-order valence-corrected chi connectivity index (χ1v) is 5.89. The van der Waals surface area contributed by atoms with Crippen LogP contribution in [0.4, 0.5) is 13.2 Å². The fraction of sp³-hybridized carbons (Fsp3) is 0.462. The van der Waals surface area contributed by atoms with Crippen molar-refractivity contribution in [3.8, 4) is 5.75 Å². The number of para-hydroxylation sites is 1. The molecule has 0 aromatic heterocycles. The summed E-state index contributed by atoms with van der Waals surface area (Å²) in [7, 11) is 0. The summed E-state index contributed by atoms with van der Waals surface area (Å²) >= 11 is 0. The van der Waals surface area contributed by atoms with Crippen molar-refractivity contribution in [2.24, 2.45) is 0 Å². The summed E-state index contributed by atoms with van der Waals surface area (Å²) < 4.78 is 47.5. The monoisotopic (exact) mass is 276 g/mol. The normalized spacial score (nSPS) is 11.2. The Hall–Kier alpha value is -1.72. The third-order valence-electron chi connectivity index (χ3n) is 2.30. The van der Waals surface area contributed by atoms with Gasteiger partial charge in [0.05, 0.1) is 12.2 Å². The molecule has 1 aromatic rings. The van der Waals surface area contributed by atoms with Gasteiger partial charge in [0, 0.05) is 0 Å². The molecule has 19 heavy (non-hydrogen) atoms. The van der Waals surface area contributed by atoms with Gasteiger partial charge >= 0.3 is 12.1 Å². The largest absolute Gasteiger partial charge is 0.481 e. The molecule has 0 saturated carbocycles. The smallest absolute Gasteiger partial charge is 0.419 e. The third-order valence-corrected chi connectivity index (χ3v) is 2.30. The Labute approximate surface area is 109 Å². The molecule has 0 unspecified atom stereocenters. The molecule has 0 bridgehead atoms. The molecule has 0 aliphatic carbocycles. The zero-order chi connectivity index (χ0) is 14.3. The van der Waals surface area contributed by atoms with Crippen LogP contribution in [-0.4, -0.2) is 19.2 Å². The summed E-state index contributed by atoms with van der Waals surface area (Å²) in [5.41, 5.74) is -0.906. The highest BCUT2D eigenvalue weighted by molar-refractivity contribution is 5.71. The van der Waals surface area contributed by atoms with Crippen molar-refractivity contribution < 1.29 is 27.4 Å². The number of esters is 1. The van der Waals surface area contributed by atoms with Crippen molar-refractivity contribution in [3.05, 3.63) is 29.8 Å². The van der Waals surface area contributed by atoms with Crippen LogP contribution in [0.2, 0.25) is 0 Å². The van der Waals surface area contributed by atoms with E-state index in [-0.39, 0.29) is 12.4 Å². The van der Waals surface area contributed by atoms with Gasteiger partial charge in [-0.3, -0.25) is 0 Å². The van der Waals surface area contributed by atoms with Crippen LogP contribution in [0.3, 0.4) is 0 Å². The molecule has 0 aliphatic rings. The van der Waals surface area contributed by atoms with Crippen LogP contribution in [0.5, 0.6) is 5.75 Å². The number of ether oxygens (including phenoxy) is 2. The predicted octanol–water partition coefficient (Wildman–Crippen LogP) is 3.43. The molecule has 1 rings (SSSR count). The fourth-order valence-electron chi connectivity index (χ4n) is 1.34. The average molecular weight is 276 g/mol. The summed E-state index contributed by atoms with van der Waals surface area (Å²) in [6.45, 7) is 1.65. The summed E-state index contributed by atoms with van der Waals surface area (Å²) in [4.78, 5) is 11.2. The molecule has 1 aromatic carbocycles. The average Bonchev–Trinajstić information content (AvgIpc) is 2.36. The van der Waals surface area contributed by atoms with Crippen molar-refractivity contribution in [1.29, 1.82) is 0 Å². The lowest BCUT2D eigenvalue weighted by atomic mass is 10.2. The Morgan fingerprint density at radius 2 is 1.95 bits per heavy atom. The molecular formula is C13H15F3O3. The molecular weight excluding hydrogens is 261 g/mol.